The summed E-state index contributed by atoms with van der Waals surface area (Å²) in [7, 11) is 0. The number of benzene rings is 1. The summed E-state index contributed by atoms with van der Waals surface area (Å²) >= 11 is 0. The van der Waals surface area contributed by atoms with Gasteiger partial charge in [0.1, 0.15) is 0 Å². The standard InChI is InChI=1S/C10H12FN.ClH/c1-3-9-5-4-6-10(7-9)8(2)12-11;/h3-8,12H,1H2,2H3;1H. The van der Waals surface area contributed by atoms with E-state index in [1.165, 1.54) is 0 Å². The zero-order valence-electron chi connectivity index (χ0n) is 7.46. The first-order valence-electron chi connectivity index (χ1n) is 3.86. The molecule has 1 aromatic rings. The van der Waals surface area contributed by atoms with Gasteiger partial charge in [-0.2, -0.15) is 5.54 Å². The highest BCUT2D eigenvalue weighted by atomic mass is 35.5. The largest absolute Gasteiger partial charge is 0.152 e. The summed E-state index contributed by atoms with van der Waals surface area (Å²) < 4.78 is 12.0. The van der Waals surface area contributed by atoms with Crippen molar-refractivity contribution in [3.63, 3.8) is 0 Å². The summed E-state index contributed by atoms with van der Waals surface area (Å²) in [6.45, 7) is 5.41. The maximum atomic E-state index is 12.0. The van der Waals surface area contributed by atoms with Gasteiger partial charge in [0.2, 0.25) is 0 Å². The van der Waals surface area contributed by atoms with E-state index in [1.54, 1.807) is 18.5 Å². The number of halogens is 2. The van der Waals surface area contributed by atoms with E-state index in [9.17, 15) is 4.48 Å². The molecule has 0 aliphatic rings. The Bertz CT molecular complexity index is 275. The van der Waals surface area contributed by atoms with Crippen molar-refractivity contribution in [1.29, 1.82) is 0 Å². The van der Waals surface area contributed by atoms with Crippen molar-refractivity contribution < 1.29 is 4.48 Å². The van der Waals surface area contributed by atoms with Crippen LogP contribution in [0, 0.1) is 0 Å². The van der Waals surface area contributed by atoms with Crippen LogP contribution in [0.1, 0.15) is 24.1 Å². The fourth-order valence-corrected chi connectivity index (χ4v) is 1.02. The molecule has 0 heterocycles. The van der Waals surface area contributed by atoms with Crippen LogP contribution in [-0.2, 0) is 0 Å². The van der Waals surface area contributed by atoms with Crippen molar-refractivity contribution in [1.82, 2.24) is 5.54 Å². The molecule has 72 valence electrons. The highest BCUT2D eigenvalue weighted by molar-refractivity contribution is 5.85. The van der Waals surface area contributed by atoms with Gasteiger partial charge < -0.3 is 0 Å². The Hall–Kier alpha value is -0.860. The van der Waals surface area contributed by atoms with Crippen molar-refractivity contribution in [2.24, 2.45) is 0 Å². The van der Waals surface area contributed by atoms with Gasteiger partial charge in [0, 0.05) is 0 Å². The minimum absolute atomic E-state index is 0. The summed E-state index contributed by atoms with van der Waals surface area (Å²) in [5, 5.41) is 0. The van der Waals surface area contributed by atoms with Gasteiger partial charge in [-0.25, -0.2) is 0 Å². The van der Waals surface area contributed by atoms with E-state index < -0.39 is 0 Å². The lowest BCUT2D eigenvalue weighted by atomic mass is 10.1. The predicted molar refractivity (Wildman–Crippen MR) is 56.4 cm³/mol. The third-order valence-corrected chi connectivity index (χ3v) is 1.81. The van der Waals surface area contributed by atoms with Gasteiger partial charge in [0.15, 0.2) is 0 Å². The topological polar surface area (TPSA) is 12.0 Å². The Morgan fingerprint density at radius 2 is 2.23 bits per heavy atom. The van der Waals surface area contributed by atoms with Crippen LogP contribution in [0.4, 0.5) is 4.48 Å². The molecule has 0 bridgehead atoms. The molecule has 0 aromatic heterocycles. The number of hydrogen-bond donors (Lipinski definition) is 1. The van der Waals surface area contributed by atoms with E-state index in [-0.39, 0.29) is 18.4 Å². The molecule has 0 saturated heterocycles. The monoisotopic (exact) mass is 201 g/mol. The Labute approximate surface area is 84.0 Å². The average molecular weight is 202 g/mol. The fraction of sp³-hybridized carbons (Fsp3) is 0.200. The molecule has 3 heteroatoms. The highest BCUT2D eigenvalue weighted by Gasteiger charge is 2.02. The van der Waals surface area contributed by atoms with E-state index in [4.69, 9.17) is 0 Å². The van der Waals surface area contributed by atoms with Gasteiger partial charge >= 0.3 is 0 Å². The first kappa shape index (κ1) is 12.1. The minimum Gasteiger partial charge on any atom is -0.152 e. The lowest BCUT2D eigenvalue weighted by Crippen LogP contribution is -2.07. The minimum atomic E-state index is -0.259. The first-order chi connectivity index (χ1) is 5.77. The molecule has 1 unspecified atom stereocenters. The second kappa shape index (κ2) is 5.73. The molecule has 1 atom stereocenters. The molecule has 1 aromatic carbocycles. The van der Waals surface area contributed by atoms with E-state index in [0.717, 1.165) is 11.1 Å². The zero-order chi connectivity index (χ0) is 8.97. The fourth-order valence-electron chi connectivity index (χ4n) is 1.02. The Morgan fingerprint density at radius 3 is 2.77 bits per heavy atom. The summed E-state index contributed by atoms with van der Waals surface area (Å²) in [6, 6.07) is 7.35. The Morgan fingerprint density at radius 1 is 1.54 bits per heavy atom. The van der Waals surface area contributed by atoms with Gasteiger partial charge in [0.25, 0.3) is 0 Å². The summed E-state index contributed by atoms with van der Waals surface area (Å²) in [5.41, 5.74) is 3.63. The second-order valence-electron chi connectivity index (χ2n) is 2.71. The van der Waals surface area contributed by atoms with Crippen LogP contribution < -0.4 is 5.54 Å². The van der Waals surface area contributed by atoms with Crippen molar-refractivity contribution in [2.45, 2.75) is 13.0 Å². The Kier molecular flexibility index (Phi) is 5.35. The van der Waals surface area contributed by atoms with E-state index >= 15 is 0 Å². The summed E-state index contributed by atoms with van der Waals surface area (Å²) in [4.78, 5) is 0. The molecule has 0 aliphatic carbocycles. The van der Waals surface area contributed by atoms with Crippen molar-refractivity contribution in [2.75, 3.05) is 0 Å². The van der Waals surface area contributed by atoms with Gasteiger partial charge in [-0.1, -0.05) is 36.9 Å². The zero-order valence-corrected chi connectivity index (χ0v) is 8.27. The lowest BCUT2D eigenvalue weighted by molar-refractivity contribution is 0.285. The predicted octanol–water partition coefficient (Wildman–Crippen LogP) is 3.29. The SMILES string of the molecule is C=Cc1cccc(C(C)NF)c1.Cl. The highest BCUT2D eigenvalue weighted by Crippen LogP contribution is 2.14. The van der Waals surface area contributed by atoms with Crippen molar-refractivity contribution in [3.05, 3.63) is 42.0 Å². The molecule has 0 fully saturated rings. The molecule has 0 amide bonds. The van der Waals surface area contributed by atoms with Gasteiger partial charge in [-0.3, -0.25) is 0 Å². The lowest BCUT2D eigenvalue weighted by Gasteiger charge is -2.07. The van der Waals surface area contributed by atoms with Gasteiger partial charge in [-0.15, -0.1) is 16.9 Å². The molecule has 1 rings (SSSR count). The molecular formula is C10H13ClFN. The first-order valence-corrected chi connectivity index (χ1v) is 3.86. The molecule has 0 saturated carbocycles. The Balaban J connectivity index is 0.00000144. The molecule has 0 spiro atoms. The van der Waals surface area contributed by atoms with Gasteiger partial charge in [-0.05, 0) is 18.1 Å². The number of rotatable bonds is 3. The van der Waals surface area contributed by atoms with Crippen LogP contribution in [0.3, 0.4) is 0 Å². The van der Waals surface area contributed by atoms with E-state index in [2.05, 4.69) is 6.58 Å². The maximum Gasteiger partial charge on any atom is 0.0593 e. The summed E-state index contributed by atoms with van der Waals surface area (Å²) in [6.07, 6.45) is 1.74. The molecular weight excluding hydrogens is 189 g/mol. The molecule has 0 radical (unpaired) electrons. The average Bonchev–Trinajstić information content (AvgIpc) is 2.17. The smallest absolute Gasteiger partial charge is 0.0593 e. The molecule has 1 N–H and O–H groups in total. The van der Waals surface area contributed by atoms with E-state index in [0.29, 0.717) is 0 Å². The van der Waals surface area contributed by atoms with Gasteiger partial charge in [0.05, 0.1) is 6.04 Å². The van der Waals surface area contributed by atoms with Crippen LogP contribution in [-0.4, -0.2) is 0 Å². The molecule has 13 heavy (non-hydrogen) atoms. The number of hydrogen-bond acceptors (Lipinski definition) is 1. The van der Waals surface area contributed by atoms with Crippen LogP contribution in [0.25, 0.3) is 6.08 Å². The van der Waals surface area contributed by atoms with Crippen LogP contribution >= 0.6 is 12.4 Å². The summed E-state index contributed by atoms with van der Waals surface area (Å²) in [5.74, 6) is 0. The van der Waals surface area contributed by atoms with E-state index in [1.807, 2.05) is 24.3 Å². The third kappa shape index (κ3) is 3.17. The molecule has 1 nitrogen and oxygen atoms in total. The normalized spacial score (nSPS) is 11.5. The number of nitrogens with one attached hydrogen (secondary N) is 1. The second-order valence-corrected chi connectivity index (χ2v) is 2.71. The van der Waals surface area contributed by atoms with Crippen LogP contribution in [0.15, 0.2) is 30.8 Å². The third-order valence-electron chi connectivity index (χ3n) is 1.81. The van der Waals surface area contributed by atoms with Crippen molar-refractivity contribution >= 4 is 18.5 Å². The van der Waals surface area contributed by atoms with Crippen molar-refractivity contribution in [3.8, 4) is 0 Å². The van der Waals surface area contributed by atoms with Crippen LogP contribution in [0.2, 0.25) is 0 Å². The van der Waals surface area contributed by atoms with Crippen LogP contribution in [0.5, 0.6) is 0 Å². The maximum absolute atomic E-state index is 12.0. The quantitative estimate of drug-likeness (QED) is 0.741. The molecule has 0 aliphatic heterocycles.